The molecule has 0 atom stereocenters. The highest BCUT2D eigenvalue weighted by Gasteiger charge is 2.41. The van der Waals surface area contributed by atoms with Crippen LogP contribution >= 0.6 is 0 Å². The van der Waals surface area contributed by atoms with Gasteiger partial charge in [-0.1, -0.05) is 0 Å². The molecule has 0 aliphatic rings. The summed E-state index contributed by atoms with van der Waals surface area (Å²) in [5.41, 5.74) is 2.07. The van der Waals surface area contributed by atoms with Gasteiger partial charge in [0.1, 0.15) is 5.56 Å². The smallest absolute Gasteiger partial charge is 0.465 e. The first-order valence-electron chi connectivity index (χ1n) is 5.15. The van der Waals surface area contributed by atoms with Crippen LogP contribution < -0.4 is 10.5 Å². The van der Waals surface area contributed by atoms with Gasteiger partial charge >= 0.3 is 18.5 Å². The van der Waals surface area contributed by atoms with Crippen LogP contribution in [0.25, 0.3) is 0 Å². The van der Waals surface area contributed by atoms with E-state index in [4.69, 9.17) is 5.73 Å². The van der Waals surface area contributed by atoms with Gasteiger partial charge in [0.25, 0.3) is 0 Å². The third kappa shape index (κ3) is 4.21. The van der Waals surface area contributed by atoms with Gasteiger partial charge in [0.2, 0.25) is 5.88 Å². The van der Waals surface area contributed by atoms with Crippen molar-refractivity contribution >= 4 is 5.97 Å². The first-order chi connectivity index (χ1) is 9.49. The van der Waals surface area contributed by atoms with Gasteiger partial charge in [-0.2, -0.15) is 13.2 Å². The monoisotopic (exact) mass is 318 g/mol. The number of aromatic nitrogens is 1. The van der Waals surface area contributed by atoms with Crippen LogP contribution in [0.2, 0.25) is 0 Å². The lowest BCUT2D eigenvalue weighted by atomic mass is 10.1. The Kier molecular flexibility index (Phi) is 4.66. The van der Waals surface area contributed by atoms with Gasteiger partial charge in [0.05, 0.1) is 18.4 Å². The molecule has 11 heteroatoms. The third-order valence-corrected chi connectivity index (χ3v) is 2.18. The van der Waals surface area contributed by atoms with Crippen molar-refractivity contribution in [1.29, 1.82) is 0 Å². The van der Waals surface area contributed by atoms with Crippen molar-refractivity contribution in [3.05, 3.63) is 22.9 Å². The van der Waals surface area contributed by atoms with E-state index in [0.717, 1.165) is 7.11 Å². The van der Waals surface area contributed by atoms with E-state index < -0.39 is 47.8 Å². The Bertz CT molecular complexity index is 541. The fraction of sp³-hybridized carbons (Fsp3) is 0.400. The Morgan fingerprint density at radius 1 is 1.29 bits per heavy atom. The van der Waals surface area contributed by atoms with Crippen LogP contribution in [-0.4, -0.2) is 24.4 Å². The summed E-state index contributed by atoms with van der Waals surface area (Å²) in [6.45, 7) is -0.587. The maximum absolute atomic E-state index is 12.7. The Balaban J connectivity index is 3.53. The van der Waals surface area contributed by atoms with Gasteiger partial charge in [-0.3, -0.25) is 0 Å². The number of carbonyl (C=O) groups is 1. The third-order valence-electron chi connectivity index (χ3n) is 2.18. The number of alkyl halides is 6. The summed E-state index contributed by atoms with van der Waals surface area (Å²) in [7, 11) is 0.885. The SMILES string of the molecule is COC(=O)c1cc(C(F)(F)F)c(OC(F)(F)F)nc1CN. The number of nitrogens with zero attached hydrogens (tertiary/aromatic N) is 1. The van der Waals surface area contributed by atoms with Gasteiger partial charge in [0, 0.05) is 6.54 Å². The molecular formula is C10H8F6N2O3. The molecule has 1 aromatic rings. The number of halogens is 6. The van der Waals surface area contributed by atoms with Crippen molar-refractivity contribution in [2.75, 3.05) is 7.11 Å². The molecule has 0 radical (unpaired) electrons. The average Bonchev–Trinajstić information content (AvgIpc) is 2.34. The second-order valence-corrected chi connectivity index (χ2v) is 3.58. The van der Waals surface area contributed by atoms with Crippen LogP contribution in [0.1, 0.15) is 21.6 Å². The highest BCUT2D eigenvalue weighted by molar-refractivity contribution is 5.91. The number of ether oxygens (including phenoxy) is 2. The Hall–Kier alpha value is -2.04. The molecule has 0 fully saturated rings. The summed E-state index contributed by atoms with van der Waals surface area (Å²) in [5.74, 6) is -2.95. The molecule has 1 rings (SSSR count). The number of methoxy groups -OCH3 is 1. The lowest BCUT2D eigenvalue weighted by Gasteiger charge is -2.16. The summed E-state index contributed by atoms with van der Waals surface area (Å²) in [5, 5.41) is 0. The topological polar surface area (TPSA) is 74.4 Å². The lowest BCUT2D eigenvalue weighted by molar-refractivity contribution is -0.277. The molecule has 0 unspecified atom stereocenters. The molecule has 118 valence electrons. The van der Waals surface area contributed by atoms with Crippen molar-refractivity contribution in [2.24, 2.45) is 5.73 Å². The zero-order valence-electron chi connectivity index (χ0n) is 10.3. The molecule has 0 aromatic carbocycles. The van der Waals surface area contributed by atoms with Gasteiger partial charge in [-0.05, 0) is 6.07 Å². The number of hydrogen-bond donors (Lipinski definition) is 1. The summed E-state index contributed by atoms with van der Waals surface area (Å²) >= 11 is 0. The maximum Gasteiger partial charge on any atom is 0.574 e. The van der Waals surface area contributed by atoms with Crippen molar-refractivity contribution in [3.63, 3.8) is 0 Å². The summed E-state index contributed by atoms with van der Waals surface area (Å²) in [6, 6.07) is 0.155. The summed E-state index contributed by atoms with van der Waals surface area (Å²) < 4.78 is 82.0. The van der Waals surface area contributed by atoms with Gasteiger partial charge in [-0.25, -0.2) is 9.78 Å². The van der Waals surface area contributed by atoms with Crippen molar-refractivity contribution < 1.29 is 40.6 Å². The molecule has 21 heavy (non-hydrogen) atoms. The summed E-state index contributed by atoms with van der Waals surface area (Å²) in [4.78, 5) is 14.3. The molecule has 0 amide bonds. The largest absolute Gasteiger partial charge is 0.574 e. The minimum Gasteiger partial charge on any atom is -0.465 e. The summed E-state index contributed by atoms with van der Waals surface area (Å²) in [6.07, 6.45) is -10.6. The van der Waals surface area contributed by atoms with Crippen molar-refractivity contribution in [1.82, 2.24) is 4.98 Å². The first kappa shape index (κ1) is 17.0. The minimum absolute atomic E-state index is 0.155. The molecular weight excluding hydrogens is 310 g/mol. The molecule has 1 aromatic heterocycles. The Morgan fingerprint density at radius 2 is 1.86 bits per heavy atom. The predicted octanol–water partition coefficient (Wildman–Crippen LogP) is 2.24. The number of pyridine rings is 1. The van der Waals surface area contributed by atoms with Crippen LogP contribution in [0.4, 0.5) is 26.3 Å². The standard InChI is InChI=1S/C10H8F6N2O3/c1-20-8(19)4-2-5(9(11,12)13)7(18-6(4)3-17)21-10(14,15)16/h2H,3,17H2,1H3. The number of rotatable bonds is 3. The zero-order valence-corrected chi connectivity index (χ0v) is 10.3. The van der Waals surface area contributed by atoms with E-state index in [1.54, 1.807) is 0 Å². The van der Waals surface area contributed by atoms with Crippen molar-refractivity contribution in [2.45, 2.75) is 19.1 Å². The second kappa shape index (κ2) is 5.76. The zero-order chi connectivity index (χ0) is 16.4. The first-order valence-corrected chi connectivity index (χ1v) is 5.15. The van der Waals surface area contributed by atoms with E-state index in [9.17, 15) is 31.1 Å². The quantitative estimate of drug-likeness (QED) is 0.683. The van der Waals surface area contributed by atoms with Crippen LogP contribution in [0, 0.1) is 0 Å². The normalized spacial score (nSPS) is 12.2. The molecule has 1 heterocycles. The maximum atomic E-state index is 12.7. The highest BCUT2D eigenvalue weighted by atomic mass is 19.4. The molecule has 2 N–H and O–H groups in total. The second-order valence-electron chi connectivity index (χ2n) is 3.58. The van der Waals surface area contributed by atoms with E-state index in [0.29, 0.717) is 0 Å². The molecule has 0 saturated heterocycles. The van der Waals surface area contributed by atoms with Crippen LogP contribution in [-0.2, 0) is 17.5 Å². The fourth-order valence-electron chi connectivity index (χ4n) is 1.37. The van der Waals surface area contributed by atoms with Gasteiger partial charge < -0.3 is 15.2 Å². The number of hydrogen-bond acceptors (Lipinski definition) is 5. The Morgan fingerprint density at radius 3 is 2.24 bits per heavy atom. The van der Waals surface area contributed by atoms with Crippen LogP contribution in [0.15, 0.2) is 6.07 Å². The number of carbonyl (C=O) groups excluding carboxylic acids is 1. The number of nitrogens with two attached hydrogens (primary N) is 1. The Labute approximate surface area is 113 Å². The highest BCUT2D eigenvalue weighted by Crippen LogP contribution is 2.38. The molecule has 0 spiro atoms. The minimum atomic E-state index is -5.38. The van der Waals surface area contributed by atoms with E-state index in [2.05, 4.69) is 14.5 Å². The number of esters is 1. The van der Waals surface area contributed by atoms with Gasteiger partial charge in [-0.15, -0.1) is 13.2 Å². The van der Waals surface area contributed by atoms with Crippen LogP contribution in [0.5, 0.6) is 5.88 Å². The molecule has 0 bridgehead atoms. The van der Waals surface area contributed by atoms with Crippen LogP contribution in [0.3, 0.4) is 0 Å². The van der Waals surface area contributed by atoms with E-state index in [-0.39, 0.29) is 6.07 Å². The molecule has 0 saturated carbocycles. The average molecular weight is 318 g/mol. The van der Waals surface area contributed by atoms with E-state index >= 15 is 0 Å². The molecule has 0 aliphatic carbocycles. The van der Waals surface area contributed by atoms with E-state index in [1.807, 2.05) is 0 Å². The fourth-order valence-corrected chi connectivity index (χ4v) is 1.37. The lowest BCUT2D eigenvalue weighted by Crippen LogP contribution is -2.23. The predicted molar refractivity (Wildman–Crippen MR) is 55.2 cm³/mol. The van der Waals surface area contributed by atoms with E-state index in [1.165, 1.54) is 0 Å². The molecule has 5 nitrogen and oxygen atoms in total. The van der Waals surface area contributed by atoms with Gasteiger partial charge in [0.15, 0.2) is 0 Å². The van der Waals surface area contributed by atoms with Crippen molar-refractivity contribution in [3.8, 4) is 5.88 Å². The molecule has 0 aliphatic heterocycles.